The van der Waals surface area contributed by atoms with E-state index < -0.39 is 42.0 Å². The molecule has 1 saturated heterocycles. The van der Waals surface area contributed by atoms with E-state index in [0.717, 1.165) is 12.8 Å². The average molecular weight is 442 g/mol. The molecule has 10 nitrogen and oxygen atoms in total. The van der Waals surface area contributed by atoms with E-state index in [1.54, 1.807) is 27.7 Å². The third-order valence-corrected chi connectivity index (χ3v) is 5.60. The molecule has 0 bridgehead atoms. The molecule has 0 aromatic carbocycles. The molecule has 1 rings (SSSR count). The Hall–Kier alpha value is -2.20. The molecule has 0 aromatic rings. The zero-order valence-electron chi connectivity index (χ0n) is 19.1. The summed E-state index contributed by atoms with van der Waals surface area (Å²) in [5.41, 5.74) is 11.5. The van der Waals surface area contributed by atoms with Crippen molar-refractivity contribution in [2.24, 2.45) is 23.3 Å². The van der Waals surface area contributed by atoms with Gasteiger partial charge in [-0.15, -0.1) is 0 Å². The van der Waals surface area contributed by atoms with Gasteiger partial charge < -0.3 is 32.1 Å². The van der Waals surface area contributed by atoms with Crippen LogP contribution in [0.3, 0.4) is 0 Å². The van der Waals surface area contributed by atoms with Crippen molar-refractivity contribution >= 4 is 23.7 Å². The Morgan fingerprint density at radius 1 is 1.03 bits per heavy atom. The topological polar surface area (TPSA) is 168 Å². The van der Waals surface area contributed by atoms with Gasteiger partial charge in [0.2, 0.25) is 17.7 Å². The monoisotopic (exact) mass is 441 g/mol. The number of nitrogens with two attached hydrogens (primary N) is 2. The normalized spacial score (nSPS) is 19.2. The first-order valence-corrected chi connectivity index (χ1v) is 11.1. The predicted molar refractivity (Wildman–Crippen MR) is 117 cm³/mol. The Labute approximate surface area is 184 Å². The van der Waals surface area contributed by atoms with Crippen LogP contribution in [-0.2, 0) is 19.2 Å². The van der Waals surface area contributed by atoms with Gasteiger partial charge in [-0.2, -0.15) is 0 Å². The van der Waals surface area contributed by atoms with Crippen molar-refractivity contribution in [3.05, 3.63) is 0 Å². The number of nitrogens with zero attached hydrogens (tertiary/aromatic N) is 1. The molecule has 0 radical (unpaired) electrons. The molecule has 1 aliphatic rings. The molecule has 0 aromatic heterocycles. The Morgan fingerprint density at radius 2 is 1.65 bits per heavy atom. The second-order valence-electron chi connectivity index (χ2n) is 8.88. The van der Waals surface area contributed by atoms with E-state index in [1.165, 1.54) is 4.90 Å². The van der Waals surface area contributed by atoms with Crippen molar-refractivity contribution in [3.63, 3.8) is 0 Å². The lowest BCUT2D eigenvalue weighted by molar-refractivity contribution is -0.144. The van der Waals surface area contributed by atoms with Gasteiger partial charge in [0.15, 0.2) is 0 Å². The highest BCUT2D eigenvalue weighted by Gasteiger charge is 2.38. The summed E-state index contributed by atoms with van der Waals surface area (Å²) in [6, 6.07) is -3.35. The molecule has 1 fully saturated rings. The van der Waals surface area contributed by atoms with Crippen molar-refractivity contribution in [3.8, 4) is 0 Å². The number of aliphatic carboxylic acids is 1. The second kappa shape index (κ2) is 12.6. The summed E-state index contributed by atoms with van der Waals surface area (Å²) in [4.78, 5) is 51.3. The van der Waals surface area contributed by atoms with Crippen LogP contribution in [0.2, 0.25) is 0 Å². The van der Waals surface area contributed by atoms with E-state index in [1.807, 2.05) is 0 Å². The first-order valence-electron chi connectivity index (χ1n) is 11.1. The molecule has 178 valence electrons. The Kier molecular flexibility index (Phi) is 10.9. The van der Waals surface area contributed by atoms with E-state index in [-0.39, 0.29) is 17.7 Å². The minimum absolute atomic E-state index is 0.269. The molecule has 7 N–H and O–H groups in total. The maximum atomic E-state index is 13.0. The van der Waals surface area contributed by atoms with Crippen molar-refractivity contribution in [2.45, 2.75) is 84.0 Å². The fourth-order valence-corrected chi connectivity index (χ4v) is 3.69. The lowest BCUT2D eigenvalue weighted by Gasteiger charge is -2.30. The van der Waals surface area contributed by atoms with Gasteiger partial charge in [0.25, 0.3) is 0 Å². The number of hydrogen-bond acceptors (Lipinski definition) is 6. The van der Waals surface area contributed by atoms with Gasteiger partial charge in [-0.05, 0) is 44.1 Å². The number of likely N-dealkylation sites (tertiary alicyclic amines) is 1. The number of carboxylic acids is 1. The first kappa shape index (κ1) is 26.8. The SMILES string of the molecule is CC(C)C(NC(=O)C(NC(=O)C1CCCN1C(=O)C(N)CCCCN)C(C)C)C(=O)O. The van der Waals surface area contributed by atoms with Gasteiger partial charge in [0, 0.05) is 6.54 Å². The number of rotatable bonds is 12. The fourth-order valence-electron chi connectivity index (χ4n) is 3.69. The molecule has 0 spiro atoms. The van der Waals surface area contributed by atoms with E-state index in [9.17, 15) is 24.3 Å². The number of amides is 3. The van der Waals surface area contributed by atoms with Crippen LogP contribution in [0.25, 0.3) is 0 Å². The van der Waals surface area contributed by atoms with Crippen LogP contribution in [-0.4, -0.2) is 71.0 Å². The van der Waals surface area contributed by atoms with Crippen molar-refractivity contribution in [1.82, 2.24) is 15.5 Å². The van der Waals surface area contributed by atoms with E-state index in [0.29, 0.717) is 32.4 Å². The van der Waals surface area contributed by atoms with Gasteiger partial charge in [-0.3, -0.25) is 14.4 Å². The summed E-state index contributed by atoms with van der Waals surface area (Å²) in [6.07, 6.45) is 3.19. The Balaban J connectivity index is 2.83. The molecule has 3 amide bonds. The molecule has 4 unspecified atom stereocenters. The third kappa shape index (κ3) is 7.77. The van der Waals surface area contributed by atoms with E-state index in [4.69, 9.17) is 11.5 Å². The Morgan fingerprint density at radius 3 is 2.16 bits per heavy atom. The minimum atomic E-state index is -1.13. The third-order valence-electron chi connectivity index (χ3n) is 5.60. The van der Waals surface area contributed by atoms with Crippen LogP contribution in [0, 0.1) is 11.8 Å². The van der Waals surface area contributed by atoms with Gasteiger partial charge in [-0.1, -0.05) is 34.1 Å². The molecule has 1 heterocycles. The maximum absolute atomic E-state index is 13.0. The van der Waals surface area contributed by atoms with Crippen LogP contribution in [0.1, 0.15) is 59.8 Å². The van der Waals surface area contributed by atoms with E-state index in [2.05, 4.69) is 10.6 Å². The highest BCUT2D eigenvalue weighted by Crippen LogP contribution is 2.20. The minimum Gasteiger partial charge on any atom is -0.480 e. The first-order chi connectivity index (χ1) is 14.5. The Bertz CT molecular complexity index is 640. The molecule has 31 heavy (non-hydrogen) atoms. The quantitative estimate of drug-likeness (QED) is 0.261. The molecule has 0 saturated carbocycles. The fraction of sp³-hybridized carbons (Fsp3) is 0.810. The molecular formula is C21H39N5O5. The molecule has 4 atom stereocenters. The van der Waals surface area contributed by atoms with E-state index >= 15 is 0 Å². The number of unbranched alkanes of at least 4 members (excludes halogenated alkanes) is 1. The summed E-state index contributed by atoms with van der Waals surface area (Å²) in [6.45, 7) is 7.89. The van der Waals surface area contributed by atoms with Crippen LogP contribution >= 0.6 is 0 Å². The predicted octanol–water partition coefficient (Wildman–Crippen LogP) is -0.200. The van der Waals surface area contributed by atoms with Crippen LogP contribution in [0.4, 0.5) is 0 Å². The zero-order chi connectivity index (χ0) is 23.7. The standard InChI is InChI=1S/C21H39N5O5/c1-12(2)16(19(28)25-17(13(3)4)21(30)31)24-18(27)15-9-7-11-26(15)20(29)14(23)8-5-6-10-22/h12-17H,5-11,22-23H2,1-4H3,(H,24,27)(H,25,28)(H,30,31). The molecular weight excluding hydrogens is 402 g/mol. The van der Waals surface area contributed by atoms with Crippen LogP contribution < -0.4 is 22.1 Å². The summed E-state index contributed by atoms with van der Waals surface area (Å²) in [5.74, 6) is -2.97. The van der Waals surface area contributed by atoms with Crippen molar-refractivity contribution < 1.29 is 24.3 Å². The highest BCUT2D eigenvalue weighted by molar-refractivity contribution is 5.94. The largest absolute Gasteiger partial charge is 0.480 e. The van der Waals surface area contributed by atoms with Crippen LogP contribution in [0.5, 0.6) is 0 Å². The number of hydrogen-bond donors (Lipinski definition) is 5. The zero-order valence-corrected chi connectivity index (χ0v) is 19.1. The lowest BCUT2D eigenvalue weighted by atomic mass is 9.99. The molecule has 1 aliphatic heterocycles. The summed E-state index contributed by atoms with van der Waals surface area (Å²) in [5, 5.41) is 14.6. The second-order valence-corrected chi connectivity index (χ2v) is 8.88. The molecule has 0 aliphatic carbocycles. The van der Waals surface area contributed by atoms with Crippen molar-refractivity contribution in [2.75, 3.05) is 13.1 Å². The van der Waals surface area contributed by atoms with Gasteiger partial charge in [0.1, 0.15) is 18.1 Å². The van der Waals surface area contributed by atoms with Gasteiger partial charge in [-0.25, -0.2) is 4.79 Å². The number of nitrogens with one attached hydrogen (secondary N) is 2. The average Bonchev–Trinajstić information content (AvgIpc) is 3.18. The summed E-state index contributed by atoms with van der Waals surface area (Å²) >= 11 is 0. The number of carbonyl (C=O) groups is 4. The van der Waals surface area contributed by atoms with Crippen LogP contribution in [0.15, 0.2) is 0 Å². The highest BCUT2D eigenvalue weighted by atomic mass is 16.4. The smallest absolute Gasteiger partial charge is 0.326 e. The molecule has 10 heteroatoms. The van der Waals surface area contributed by atoms with Gasteiger partial charge in [0.05, 0.1) is 6.04 Å². The van der Waals surface area contributed by atoms with Gasteiger partial charge >= 0.3 is 5.97 Å². The lowest BCUT2D eigenvalue weighted by Crippen LogP contribution is -2.58. The summed E-state index contributed by atoms with van der Waals surface area (Å²) in [7, 11) is 0. The van der Waals surface area contributed by atoms with Crippen molar-refractivity contribution in [1.29, 1.82) is 0 Å². The maximum Gasteiger partial charge on any atom is 0.326 e. The number of carbonyl (C=O) groups excluding carboxylic acids is 3. The number of carboxylic acid groups (broad SMARTS) is 1. The summed E-state index contributed by atoms with van der Waals surface area (Å²) < 4.78 is 0.